The Hall–Kier alpha value is -1.97. The third kappa shape index (κ3) is 5.61. The summed E-state index contributed by atoms with van der Waals surface area (Å²) in [6.45, 7) is 4.16. The Morgan fingerprint density at radius 2 is 2.06 bits per heavy atom. The molecular weight excluding hydrogens is 216 g/mol. The van der Waals surface area contributed by atoms with Crippen LogP contribution in [0.4, 0.5) is 0 Å². The van der Waals surface area contributed by atoms with Gasteiger partial charge in [-0.05, 0) is 19.4 Å². The van der Waals surface area contributed by atoms with E-state index in [1.807, 2.05) is 30.3 Å². The van der Waals surface area contributed by atoms with Gasteiger partial charge in [-0.15, -0.1) is 0 Å². The molecule has 0 fully saturated rings. The first-order valence-electron chi connectivity index (χ1n) is 5.53. The van der Waals surface area contributed by atoms with E-state index in [2.05, 4.69) is 5.32 Å². The highest BCUT2D eigenvalue weighted by atomic mass is 16.5. The van der Waals surface area contributed by atoms with Crippen molar-refractivity contribution in [3.63, 3.8) is 0 Å². The van der Waals surface area contributed by atoms with Crippen molar-refractivity contribution in [2.45, 2.75) is 26.5 Å². The maximum absolute atomic E-state index is 11.3. The summed E-state index contributed by atoms with van der Waals surface area (Å²) < 4.78 is 4.94. The van der Waals surface area contributed by atoms with Crippen LogP contribution in [0.5, 0.6) is 0 Å². The molecule has 0 radical (unpaired) electrons. The van der Waals surface area contributed by atoms with Crippen molar-refractivity contribution in [3.8, 4) is 0 Å². The summed E-state index contributed by atoms with van der Waals surface area (Å²) in [5, 5.41) is 2.94. The monoisotopic (exact) mass is 234 g/mol. The largest absolute Gasteiger partial charge is 0.460 e. The molecule has 4 nitrogen and oxygen atoms in total. The first kappa shape index (κ1) is 13.1. The van der Waals surface area contributed by atoms with E-state index in [9.17, 15) is 4.79 Å². The lowest BCUT2D eigenvalue weighted by atomic mass is 10.2. The van der Waals surface area contributed by atoms with Crippen LogP contribution in [0.3, 0.4) is 0 Å². The SMILES string of the molecule is CC(C)OC(=O)/C=C(\N)NCc1ccccc1. The highest BCUT2D eigenvalue weighted by Crippen LogP contribution is 1.98. The third-order valence-electron chi connectivity index (χ3n) is 1.96. The van der Waals surface area contributed by atoms with E-state index in [1.165, 1.54) is 6.08 Å². The van der Waals surface area contributed by atoms with E-state index in [-0.39, 0.29) is 6.10 Å². The average Bonchev–Trinajstić information content (AvgIpc) is 2.26. The maximum Gasteiger partial charge on any atom is 0.334 e. The zero-order valence-electron chi connectivity index (χ0n) is 10.1. The average molecular weight is 234 g/mol. The van der Waals surface area contributed by atoms with Gasteiger partial charge in [0.25, 0.3) is 0 Å². The number of ether oxygens (including phenoxy) is 1. The maximum atomic E-state index is 11.3. The van der Waals surface area contributed by atoms with E-state index in [0.29, 0.717) is 12.4 Å². The molecule has 0 saturated heterocycles. The number of carbonyl (C=O) groups excluding carboxylic acids is 1. The van der Waals surface area contributed by atoms with Crippen LogP contribution in [0.25, 0.3) is 0 Å². The van der Waals surface area contributed by atoms with Crippen molar-refractivity contribution in [2.24, 2.45) is 5.73 Å². The van der Waals surface area contributed by atoms with E-state index in [0.717, 1.165) is 5.56 Å². The molecule has 0 saturated carbocycles. The molecule has 0 spiro atoms. The molecule has 4 heteroatoms. The van der Waals surface area contributed by atoms with Crippen molar-refractivity contribution in [1.29, 1.82) is 0 Å². The quantitative estimate of drug-likeness (QED) is 0.599. The van der Waals surface area contributed by atoms with Crippen LogP contribution in [0, 0.1) is 0 Å². The van der Waals surface area contributed by atoms with Gasteiger partial charge in [-0.25, -0.2) is 4.79 Å². The number of nitrogens with two attached hydrogens (primary N) is 1. The molecule has 0 aliphatic carbocycles. The number of hydrogen-bond acceptors (Lipinski definition) is 4. The van der Waals surface area contributed by atoms with Crippen molar-refractivity contribution in [3.05, 3.63) is 47.8 Å². The minimum Gasteiger partial charge on any atom is -0.460 e. The standard InChI is InChI=1S/C13H18N2O2/c1-10(2)17-13(16)8-12(14)15-9-11-6-4-3-5-7-11/h3-8,10,15H,9,14H2,1-2H3/b12-8+. The molecular formula is C13H18N2O2. The predicted octanol–water partition coefficient (Wildman–Crippen LogP) is 1.53. The zero-order chi connectivity index (χ0) is 12.7. The minimum atomic E-state index is -0.432. The first-order chi connectivity index (χ1) is 8.08. The third-order valence-corrected chi connectivity index (χ3v) is 1.96. The van der Waals surface area contributed by atoms with Crippen LogP contribution in [0.2, 0.25) is 0 Å². The first-order valence-corrected chi connectivity index (χ1v) is 5.53. The second-order valence-corrected chi connectivity index (χ2v) is 3.92. The molecule has 1 aromatic carbocycles. The van der Waals surface area contributed by atoms with Gasteiger partial charge in [-0.2, -0.15) is 0 Å². The molecule has 1 aromatic rings. The van der Waals surface area contributed by atoms with Crippen LogP contribution in [-0.2, 0) is 16.1 Å². The summed E-state index contributed by atoms with van der Waals surface area (Å²) >= 11 is 0. The number of esters is 1. The van der Waals surface area contributed by atoms with Gasteiger partial charge in [0.1, 0.15) is 5.82 Å². The Balaban J connectivity index is 2.41. The van der Waals surface area contributed by atoms with E-state index in [1.54, 1.807) is 13.8 Å². The van der Waals surface area contributed by atoms with Gasteiger partial charge in [0.2, 0.25) is 0 Å². The highest BCUT2D eigenvalue weighted by molar-refractivity contribution is 5.82. The van der Waals surface area contributed by atoms with Gasteiger partial charge in [0.15, 0.2) is 0 Å². The molecule has 0 atom stereocenters. The lowest BCUT2D eigenvalue weighted by molar-refractivity contribution is -0.141. The molecule has 17 heavy (non-hydrogen) atoms. The summed E-state index contributed by atoms with van der Waals surface area (Å²) in [6.07, 6.45) is 1.11. The molecule has 92 valence electrons. The van der Waals surface area contributed by atoms with Crippen LogP contribution in [0.1, 0.15) is 19.4 Å². The minimum absolute atomic E-state index is 0.138. The smallest absolute Gasteiger partial charge is 0.334 e. The number of hydrogen-bond donors (Lipinski definition) is 2. The number of rotatable bonds is 5. The summed E-state index contributed by atoms with van der Waals surface area (Å²) in [4.78, 5) is 11.3. The topological polar surface area (TPSA) is 64.3 Å². The molecule has 0 aliphatic rings. The number of nitrogens with one attached hydrogen (secondary N) is 1. The van der Waals surface area contributed by atoms with Gasteiger partial charge >= 0.3 is 5.97 Å². The fourth-order valence-electron chi connectivity index (χ4n) is 1.24. The fraction of sp³-hybridized carbons (Fsp3) is 0.308. The summed E-state index contributed by atoms with van der Waals surface area (Å²) in [5.41, 5.74) is 6.75. The highest BCUT2D eigenvalue weighted by Gasteiger charge is 2.02. The van der Waals surface area contributed by atoms with Crippen molar-refractivity contribution in [2.75, 3.05) is 0 Å². The lowest BCUT2D eigenvalue weighted by Crippen LogP contribution is -2.22. The van der Waals surface area contributed by atoms with Crippen molar-refractivity contribution >= 4 is 5.97 Å². The number of carbonyl (C=O) groups is 1. The normalized spacial score (nSPS) is 11.4. The van der Waals surface area contributed by atoms with Gasteiger partial charge in [-0.3, -0.25) is 0 Å². The van der Waals surface area contributed by atoms with Crippen molar-refractivity contribution < 1.29 is 9.53 Å². The van der Waals surface area contributed by atoms with Gasteiger partial charge < -0.3 is 15.8 Å². The molecule has 0 unspecified atom stereocenters. The second kappa shape index (κ2) is 6.58. The Labute approximate surface area is 101 Å². The van der Waals surface area contributed by atoms with Crippen LogP contribution in [0.15, 0.2) is 42.2 Å². The molecule has 1 rings (SSSR count). The Kier molecular flexibility index (Phi) is 5.07. The molecule has 0 bridgehead atoms. The number of benzene rings is 1. The summed E-state index contributed by atoms with van der Waals surface area (Å²) in [5.74, 6) is -0.127. The fourth-order valence-corrected chi connectivity index (χ4v) is 1.24. The van der Waals surface area contributed by atoms with Crippen LogP contribution < -0.4 is 11.1 Å². The molecule has 0 aromatic heterocycles. The lowest BCUT2D eigenvalue weighted by Gasteiger charge is -2.08. The van der Waals surface area contributed by atoms with E-state index in [4.69, 9.17) is 10.5 Å². The molecule has 3 N–H and O–H groups in total. The van der Waals surface area contributed by atoms with E-state index < -0.39 is 5.97 Å². The predicted molar refractivity (Wildman–Crippen MR) is 66.8 cm³/mol. The molecule has 0 aliphatic heterocycles. The zero-order valence-corrected chi connectivity index (χ0v) is 10.1. The van der Waals surface area contributed by atoms with E-state index >= 15 is 0 Å². The Morgan fingerprint density at radius 1 is 1.41 bits per heavy atom. The van der Waals surface area contributed by atoms with Gasteiger partial charge in [0, 0.05) is 6.54 Å². The van der Waals surface area contributed by atoms with Crippen molar-refractivity contribution in [1.82, 2.24) is 5.32 Å². The summed E-state index contributed by atoms with van der Waals surface area (Å²) in [6, 6.07) is 9.80. The van der Waals surface area contributed by atoms with Gasteiger partial charge in [-0.1, -0.05) is 30.3 Å². The molecule has 0 amide bonds. The second-order valence-electron chi connectivity index (χ2n) is 3.92. The molecule has 0 heterocycles. The van der Waals surface area contributed by atoms with Crippen LogP contribution in [-0.4, -0.2) is 12.1 Å². The van der Waals surface area contributed by atoms with Crippen LogP contribution >= 0.6 is 0 Å². The Morgan fingerprint density at radius 3 is 2.65 bits per heavy atom. The summed E-state index contributed by atoms with van der Waals surface area (Å²) in [7, 11) is 0. The van der Waals surface area contributed by atoms with Gasteiger partial charge in [0.05, 0.1) is 12.2 Å². The Bertz CT molecular complexity index is 386.